The molecule has 39 heavy (non-hydrogen) atoms. The predicted molar refractivity (Wildman–Crippen MR) is 140 cm³/mol. The average molecular weight is 544 g/mol. The molecule has 3 atom stereocenters. The van der Waals surface area contributed by atoms with Crippen molar-refractivity contribution in [3.63, 3.8) is 0 Å². The van der Waals surface area contributed by atoms with E-state index in [0.717, 1.165) is 12.8 Å². The second-order valence-corrected chi connectivity index (χ2v) is 10.9. The maximum atomic E-state index is 15.2. The smallest absolute Gasteiger partial charge is 0.411 e. The van der Waals surface area contributed by atoms with Crippen molar-refractivity contribution in [2.24, 2.45) is 0 Å². The third kappa shape index (κ3) is 5.76. The number of nitrogens with one attached hydrogen (secondary N) is 1. The zero-order valence-electron chi connectivity index (χ0n) is 22.6. The van der Waals surface area contributed by atoms with Crippen molar-refractivity contribution in [1.29, 1.82) is 0 Å². The first-order valence-corrected chi connectivity index (χ1v) is 13.3. The Morgan fingerprint density at radius 2 is 2.00 bits per heavy atom. The maximum Gasteiger partial charge on any atom is 0.411 e. The van der Waals surface area contributed by atoms with Crippen LogP contribution in [-0.2, 0) is 9.47 Å². The summed E-state index contributed by atoms with van der Waals surface area (Å²) in [6.07, 6.45) is 0.352. The van der Waals surface area contributed by atoms with Crippen LogP contribution in [0.3, 0.4) is 0 Å². The highest BCUT2D eigenvalue weighted by Gasteiger charge is 2.39. The first-order valence-electron chi connectivity index (χ1n) is 13.3. The third-order valence-electron chi connectivity index (χ3n) is 6.95. The molecule has 0 radical (unpaired) electrons. The van der Waals surface area contributed by atoms with Gasteiger partial charge in [0.05, 0.1) is 36.2 Å². The number of morpholine rings is 1. The van der Waals surface area contributed by atoms with Gasteiger partial charge in [-0.2, -0.15) is 4.98 Å². The van der Waals surface area contributed by atoms with E-state index in [-0.39, 0.29) is 47.5 Å². The molecule has 11 nitrogen and oxygen atoms in total. The van der Waals surface area contributed by atoms with Crippen LogP contribution in [0.1, 0.15) is 50.9 Å². The van der Waals surface area contributed by atoms with Crippen molar-refractivity contribution in [3.8, 4) is 17.1 Å². The van der Waals surface area contributed by atoms with Crippen LogP contribution in [0.4, 0.5) is 20.8 Å². The van der Waals surface area contributed by atoms with Gasteiger partial charge in [-0.1, -0.05) is 6.07 Å². The van der Waals surface area contributed by atoms with Crippen molar-refractivity contribution >= 4 is 23.6 Å². The number of fused-ring (bicyclic) bond motifs is 3. The number of amides is 2. The number of carbonyl (C=O) groups excluding carboxylic acids is 2. The van der Waals surface area contributed by atoms with Crippen molar-refractivity contribution in [1.82, 2.24) is 14.9 Å². The maximum absolute atomic E-state index is 15.2. The number of benzene rings is 1. The number of nitrogens with zero attached hydrogens (tertiary/aromatic N) is 4. The van der Waals surface area contributed by atoms with E-state index in [1.54, 1.807) is 11.0 Å². The van der Waals surface area contributed by atoms with Crippen molar-refractivity contribution in [3.05, 3.63) is 29.6 Å². The first-order chi connectivity index (χ1) is 18.5. The topological polar surface area (TPSA) is 126 Å². The Kier molecular flexibility index (Phi) is 7.34. The predicted octanol–water partition coefficient (Wildman–Crippen LogP) is 3.21. The molecule has 1 aromatic heterocycles. The quantitative estimate of drug-likeness (QED) is 0.565. The van der Waals surface area contributed by atoms with Gasteiger partial charge >= 0.3 is 6.09 Å². The van der Waals surface area contributed by atoms with Crippen LogP contribution in [0.25, 0.3) is 11.3 Å². The molecular weight excluding hydrogens is 509 g/mol. The summed E-state index contributed by atoms with van der Waals surface area (Å²) >= 11 is 0. The largest absolute Gasteiger partial charge is 0.469 e. The molecule has 2 aromatic rings. The van der Waals surface area contributed by atoms with Crippen LogP contribution >= 0.6 is 0 Å². The summed E-state index contributed by atoms with van der Waals surface area (Å²) in [6, 6.07) is 4.16. The van der Waals surface area contributed by atoms with Gasteiger partial charge in [0, 0.05) is 25.2 Å². The van der Waals surface area contributed by atoms with Crippen LogP contribution in [0.15, 0.2) is 18.2 Å². The van der Waals surface area contributed by atoms with E-state index in [4.69, 9.17) is 24.2 Å². The van der Waals surface area contributed by atoms with Gasteiger partial charge < -0.3 is 29.1 Å². The number of carbonyl (C=O) groups is 2. The van der Waals surface area contributed by atoms with Crippen LogP contribution in [0, 0.1) is 5.82 Å². The monoisotopic (exact) mass is 543 g/mol. The van der Waals surface area contributed by atoms with Crippen LogP contribution in [0.5, 0.6) is 5.88 Å². The van der Waals surface area contributed by atoms with E-state index in [0.29, 0.717) is 37.7 Å². The Morgan fingerprint density at radius 1 is 1.28 bits per heavy atom. The molecule has 2 saturated heterocycles. The van der Waals surface area contributed by atoms with Crippen LogP contribution in [-0.4, -0.2) is 88.7 Å². The van der Waals surface area contributed by atoms with E-state index >= 15 is 4.39 Å². The van der Waals surface area contributed by atoms with E-state index in [2.05, 4.69) is 5.32 Å². The first kappa shape index (κ1) is 27.1. The zero-order chi connectivity index (χ0) is 27.9. The van der Waals surface area contributed by atoms with E-state index in [1.165, 1.54) is 19.1 Å². The lowest BCUT2D eigenvalue weighted by atomic mass is 10.0. The fraction of sp³-hybridized carbons (Fsp3) is 0.556. The number of halogens is 1. The van der Waals surface area contributed by atoms with Crippen molar-refractivity contribution in [2.75, 3.05) is 43.0 Å². The van der Waals surface area contributed by atoms with Gasteiger partial charge in [0.1, 0.15) is 23.6 Å². The minimum Gasteiger partial charge on any atom is -0.469 e. The highest BCUT2D eigenvalue weighted by molar-refractivity contribution is 6.03. The molecule has 0 saturated carbocycles. The molecule has 2 fully saturated rings. The van der Waals surface area contributed by atoms with Crippen molar-refractivity contribution in [2.45, 2.75) is 64.4 Å². The molecule has 2 bridgehead atoms. The minimum absolute atomic E-state index is 0.0839. The number of hydrogen-bond acceptors (Lipinski definition) is 9. The standard InChI is InChI=1S/C27H34FN5O6/c1-5-32-14-27(3,4)39-23-21(24(32)35)22(30-25(31-23)33-11-17-7-8-18(12-33)38-17)16-6-9-20(19(28)10-16)29-26(36)37-13-15(2)34/h6,9-10,15,17-18,34H,5,7-8,11-14H2,1-4H3,(H,29,36). The zero-order valence-corrected chi connectivity index (χ0v) is 22.6. The normalized spacial score (nSPS) is 22.6. The Morgan fingerprint density at radius 3 is 2.64 bits per heavy atom. The molecule has 0 spiro atoms. The molecule has 3 aliphatic heterocycles. The molecule has 2 N–H and O–H groups in total. The molecule has 3 unspecified atom stereocenters. The fourth-order valence-corrected chi connectivity index (χ4v) is 5.17. The number of rotatable bonds is 6. The Balaban J connectivity index is 1.56. The lowest BCUT2D eigenvalue weighted by molar-refractivity contribution is 0.0297. The molecular formula is C27H34FN5O6. The Hall–Kier alpha value is -3.51. The Bertz CT molecular complexity index is 1260. The van der Waals surface area contributed by atoms with Gasteiger partial charge in [0.2, 0.25) is 11.8 Å². The lowest BCUT2D eigenvalue weighted by Gasteiger charge is -2.33. The molecule has 0 aliphatic carbocycles. The van der Waals surface area contributed by atoms with E-state index in [9.17, 15) is 14.7 Å². The van der Waals surface area contributed by atoms with Gasteiger partial charge in [-0.3, -0.25) is 10.1 Å². The number of aromatic nitrogens is 2. The Labute approximate surface area is 226 Å². The average Bonchev–Trinajstić information content (AvgIpc) is 3.18. The highest BCUT2D eigenvalue weighted by Crippen LogP contribution is 2.38. The molecule has 1 aromatic carbocycles. The van der Waals surface area contributed by atoms with E-state index < -0.39 is 23.6 Å². The molecule has 3 aliphatic rings. The van der Waals surface area contributed by atoms with Crippen LogP contribution in [0.2, 0.25) is 0 Å². The SMILES string of the molecule is CCN1CC(C)(C)Oc2nc(N3CC4CCC(C3)O4)nc(-c3ccc(NC(=O)OCC(C)O)c(F)c3)c2C1=O. The summed E-state index contributed by atoms with van der Waals surface area (Å²) in [5, 5.41) is 11.6. The molecule has 5 rings (SSSR count). The summed E-state index contributed by atoms with van der Waals surface area (Å²) in [5.41, 5.74) is -0.0800. The fourth-order valence-electron chi connectivity index (χ4n) is 5.17. The van der Waals surface area contributed by atoms with Gasteiger partial charge in [-0.25, -0.2) is 14.2 Å². The van der Waals surface area contributed by atoms with E-state index in [1.807, 2.05) is 25.7 Å². The van der Waals surface area contributed by atoms with Gasteiger partial charge in [0.15, 0.2) is 0 Å². The number of hydrogen-bond donors (Lipinski definition) is 2. The number of aliphatic hydroxyl groups excluding tert-OH is 1. The van der Waals surface area contributed by atoms with Gasteiger partial charge in [-0.05, 0) is 52.7 Å². The molecule has 12 heteroatoms. The molecule has 2 amide bonds. The highest BCUT2D eigenvalue weighted by atomic mass is 19.1. The number of anilines is 2. The molecule has 4 heterocycles. The van der Waals surface area contributed by atoms with Crippen molar-refractivity contribution < 1.29 is 33.3 Å². The number of likely N-dealkylation sites (N-methyl/N-ethyl adjacent to an activating group) is 1. The lowest BCUT2D eigenvalue weighted by Crippen LogP contribution is -2.43. The second kappa shape index (κ2) is 10.6. The summed E-state index contributed by atoms with van der Waals surface area (Å²) < 4.78 is 32.4. The third-order valence-corrected chi connectivity index (χ3v) is 6.95. The summed E-state index contributed by atoms with van der Waals surface area (Å²) in [7, 11) is 0. The second-order valence-electron chi connectivity index (χ2n) is 10.9. The van der Waals surface area contributed by atoms with Gasteiger partial charge in [0.25, 0.3) is 5.91 Å². The molecule has 210 valence electrons. The van der Waals surface area contributed by atoms with Crippen LogP contribution < -0.4 is 15.0 Å². The van der Waals surface area contributed by atoms with Gasteiger partial charge in [-0.15, -0.1) is 0 Å². The summed E-state index contributed by atoms with van der Waals surface area (Å²) in [6.45, 7) is 8.93. The number of ether oxygens (including phenoxy) is 3. The summed E-state index contributed by atoms with van der Waals surface area (Å²) in [5.74, 6) is -0.494. The summed E-state index contributed by atoms with van der Waals surface area (Å²) in [4.78, 5) is 38.9. The minimum atomic E-state index is -0.896. The number of aliphatic hydroxyl groups is 1.